The SMILES string of the molecule is Cc1cc(CN(C)S(=O)(=O)C=Cc2ccccc2)no1. The molecule has 0 aliphatic carbocycles. The third-order valence-corrected chi connectivity index (χ3v) is 4.21. The number of sulfonamides is 1. The van der Waals surface area contributed by atoms with Gasteiger partial charge in [-0.05, 0) is 18.6 Å². The van der Waals surface area contributed by atoms with Gasteiger partial charge in [0.1, 0.15) is 5.76 Å². The van der Waals surface area contributed by atoms with Gasteiger partial charge in [-0.25, -0.2) is 8.42 Å². The summed E-state index contributed by atoms with van der Waals surface area (Å²) < 4.78 is 30.3. The molecule has 0 aliphatic rings. The minimum Gasteiger partial charge on any atom is -0.361 e. The molecule has 0 atom stereocenters. The summed E-state index contributed by atoms with van der Waals surface area (Å²) >= 11 is 0. The molecular weight excluding hydrogens is 276 g/mol. The van der Waals surface area contributed by atoms with E-state index >= 15 is 0 Å². The average Bonchev–Trinajstić information content (AvgIpc) is 2.83. The van der Waals surface area contributed by atoms with Crippen LogP contribution in [0.1, 0.15) is 17.0 Å². The van der Waals surface area contributed by atoms with Crippen molar-refractivity contribution in [3.8, 4) is 0 Å². The largest absolute Gasteiger partial charge is 0.361 e. The van der Waals surface area contributed by atoms with E-state index < -0.39 is 10.0 Å². The maximum atomic E-state index is 12.1. The lowest BCUT2D eigenvalue weighted by Gasteiger charge is -2.12. The number of hydrogen-bond acceptors (Lipinski definition) is 4. The van der Waals surface area contributed by atoms with Gasteiger partial charge in [-0.3, -0.25) is 0 Å². The molecule has 1 aromatic heterocycles. The second-order valence-corrected chi connectivity index (χ2v) is 6.37. The molecular formula is C14H16N2O3S. The van der Waals surface area contributed by atoms with Gasteiger partial charge < -0.3 is 4.52 Å². The van der Waals surface area contributed by atoms with E-state index in [1.807, 2.05) is 30.3 Å². The van der Waals surface area contributed by atoms with E-state index in [0.717, 1.165) is 5.56 Å². The zero-order chi connectivity index (χ0) is 14.6. The van der Waals surface area contributed by atoms with Crippen molar-refractivity contribution in [3.63, 3.8) is 0 Å². The monoisotopic (exact) mass is 292 g/mol. The van der Waals surface area contributed by atoms with Crippen LogP contribution < -0.4 is 0 Å². The molecule has 2 aromatic rings. The summed E-state index contributed by atoms with van der Waals surface area (Å²) in [6.45, 7) is 1.94. The number of hydrogen-bond donors (Lipinski definition) is 0. The van der Waals surface area contributed by atoms with Crippen LogP contribution in [0.25, 0.3) is 6.08 Å². The van der Waals surface area contributed by atoms with Crippen LogP contribution in [-0.2, 0) is 16.6 Å². The van der Waals surface area contributed by atoms with Crippen LogP contribution >= 0.6 is 0 Å². The van der Waals surface area contributed by atoms with Gasteiger partial charge >= 0.3 is 0 Å². The van der Waals surface area contributed by atoms with Crippen LogP contribution in [0.3, 0.4) is 0 Å². The van der Waals surface area contributed by atoms with Gasteiger partial charge in [-0.15, -0.1) is 0 Å². The number of rotatable bonds is 5. The maximum absolute atomic E-state index is 12.1. The Balaban J connectivity index is 2.08. The molecule has 0 aliphatic heterocycles. The molecule has 0 N–H and O–H groups in total. The third-order valence-electron chi connectivity index (χ3n) is 2.73. The highest BCUT2D eigenvalue weighted by Gasteiger charge is 2.16. The Morgan fingerprint density at radius 1 is 1.30 bits per heavy atom. The normalized spacial score (nSPS) is 12.3. The van der Waals surface area contributed by atoms with Crippen molar-refractivity contribution in [3.05, 3.63) is 58.8 Å². The summed E-state index contributed by atoms with van der Waals surface area (Å²) in [4.78, 5) is 0. The van der Waals surface area contributed by atoms with Crippen molar-refractivity contribution in [2.45, 2.75) is 13.5 Å². The number of nitrogens with zero attached hydrogens (tertiary/aromatic N) is 2. The minimum atomic E-state index is -3.48. The molecule has 0 saturated heterocycles. The summed E-state index contributed by atoms with van der Waals surface area (Å²) in [5.74, 6) is 0.658. The molecule has 20 heavy (non-hydrogen) atoms. The van der Waals surface area contributed by atoms with Gasteiger partial charge in [0.05, 0.1) is 12.2 Å². The molecule has 0 saturated carbocycles. The van der Waals surface area contributed by atoms with E-state index in [2.05, 4.69) is 5.16 Å². The van der Waals surface area contributed by atoms with Gasteiger partial charge in [-0.2, -0.15) is 4.31 Å². The van der Waals surface area contributed by atoms with Gasteiger partial charge in [0.2, 0.25) is 10.0 Å². The van der Waals surface area contributed by atoms with Gasteiger partial charge in [0.15, 0.2) is 0 Å². The lowest BCUT2D eigenvalue weighted by atomic mass is 10.2. The van der Waals surface area contributed by atoms with Crippen LogP contribution in [0.15, 0.2) is 46.3 Å². The van der Waals surface area contributed by atoms with Crippen molar-refractivity contribution in [2.75, 3.05) is 7.05 Å². The molecule has 106 valence electrons. The molecule has 0 fully saturated rings. The predicted octanol–water partition coefficient (Wildman–Crippen LogP) is 2.42. The zero-order valence-corrected chi connectivity index (χ0v) is 12.2. The van der Waals surface area contributed by atoms with Gasteiger partial charge in [-0.1, -0.05) is 35.5 Å². The Morgan fingerprint density at radius 2 is 2.00 bits per heavy atom. The molecule has 0 bridgehead atoms. The molecule has 5 nitrogen and oxygen atoms in total. The van der Waals surface area contributed by atoms with Gasteiger partial charge in [0.25, 0.3) is 0 Å². The summed E-state index contributed by atoms with van der Waals surface area (Å²) in [7, 11) is -1.97. The smallest absolute Gasteiger partial charge is 0.236 e. The highest BCUT2D eigenvalue weighted by molar-refractivity contribution is 7.92. The highest BCUT2D eigenvalue weighted by atomic mass is 32.2. The van der Waals surface area contributed by atoms with E-state index in [-0.39, 0.29) is 6.54 Å². The minimum absolute atomic E-state index is 0.179. The van der Waals surface area contributed by atoms with E-state index in [0.29, 0.717) is 11.5 Å². The summed E-state index contributed by atoms with van der Waals surface area (Å²) in [6.07, 6.45) is 1.57. The first-order valence-corrected chi connectivity index (χ1v) is 7.59. The van der Waals surface area contributed by atoms with Crippen molar-refractivity contribution in [1.29, 1.82) is 0 Å². The lowest BCUT2D eigenvalue weighted by Crippen LogP contribution is -2.24. The Labute approximate surface area is 118 Å². The maximum Gasteiger partial charge on any atom is 0.236 e. The third kappa shape index (κ3) is 3.79. The Morgan fingerprint density at radius 3 is 2.60 bits per heavy atom. The molecule has 2 rings (SSSR count). The standard InChI is InChI=1S/C14H16N2O3S/c1-12-10-14(15-19-12)11-16(2)20(17,18)9-8-13-6-4-3-5-7-13/h3-10H,11H2,1-2H3. The fraction of sp³-hybridized carbons (Fsp3) is 0.214. The van der Waals surface area contributed by atoms with Crippen molar-refractivity contribution < 1.29 is 12.9 Å². The Bertz CT molecular complexity index is 690. The number of aromatic nitrogens is 1. The molecule has 1 heterocycles. The van der Waals surface area contributed by atoms with Gasteiger partial charge in [0, 0.05) is 18.5 Å². The van der Waals surface area contributed by atoms with Crippen LogP contribution in [0.2, 0.25) is 0 Å². The molecule has 0 radical (unpaired) electrons. The van der Waals surface area contributed by atoms with Crippen molar-refractivity contribution >= 4 is 16.1 Å². The first-order valence-electron chi connectivity index (χ1n) is 6.09. The Kier molecular flexibility index (Phi) is 4.36. The fourth-order valence-corrected chi connectivity index (χ4v) is 2.49. The van der Waals surface area contributed by atoms with Crippen molar-refractivity contribution in [1.82, 2.24) is 9.46 Å². The van der Waals surface area contributed by atoms with Crippen LogP contribution in [0.5, 0.6) is 0 Å². The van der Waals surface area contributed by atoms with Crippen LogP contribution in [0.4, 0.5) is 0 Å². The molecule has 1 aromatic carbocycles. The second kappa shape index (κ2) is 6.02. The summed E-state index contributed by atoms with van der Waals surface area (Å²) in [6, 6.07) is 11.0. The summed E-state index contributed by atoms with van der Waals surface area (Å²) in [5.41, 5.74) is 1.42. The van der Waals surface area contributed by atoms with Crippen LogP contribution in [-0.4, -0.2) is 24.9 Å². The van der Waals surface area contributed by atoms with E-state index in [1.54, 1.807) is 19.1 Å². The Hall–Kier alpha value is -1.92. The van der Waals surface area contributed by atoms with Crippen molar-refractivity contribution in [2.24, 2.45) is 0 Å². The average molecular weight is 292 g/mol. The predicted molar refractivity (Wildman–Crippen MR) is 77.1 cm³/mol. The van der Waals surface area contributed by atoms with E-state index in [9.17, 15) is 8.42 Å². The van der Waals surface area contributed by atoms with E-state index in [1.165, 1.54) is 16.8 Å². The number of aryl methyl sites for hydroxylation is 1. The quantitative estimate of drug-likeness (QED) is 0.849. The highest BCUT2D eigenvalue weighted by Crippen LogP contribution is 2.11. The summed E-state index contributed by atoms with van der Waals surface area (Å²) in [5, 5.41) is 4.97. The zero-order valence-electron chi connectivity index (χ0n) is 11.4. The topological polar surface area (TPSA) is 63.4 Å². The van der Waals surface area contributed by atoms with E-state index in [4.69, 9.17) is 4.52 Å². The molecule has 0 spiro atoms. The first kappa shape index (κ1) is 14.5. The fourth-order valence-electron chi connectivity index (χ4n) is 1.64. The second-order valence-electron chi connectivity index (χ2n) is 4.44. The molecule has 6 heteroatoms. The lowest BCUT2D eigenvalue weighted by molar-refractivity contribution is 0.379. The van der Waals surface area contributed by atoms with Crippen LogP contribution in [0, 0.1) is 6.92 Å². The molecule has 0 unspecified atom stereocenters. The number of benzene rings is 1. The first-order chi connectivity index (χ1) is 9.47. The molecule has 0 amide bonds.